The van der Waals surface area contributed by atoms with Gasteiger partial charge >= 0.3 is 5.97 Å². The number of halogens is 1. The van der Waals surface area contributed by atoms with Crippen LogP contribution in [0.1, 0.15) is 32.8 Å². The van der Waals surface area contributed by atoms with Crippen molar-refractivity contribution in [2.24, 2.45) is 5.41 Å². The van der Waals surface area contributed by atoms with E-state index in [0.717, 1.165) is 10.0 Å². The van der Waals surface area contributed by atoms with Gasteiger partial charge in [-0.3, -0.25) is 9.69 Å². The highest BCUT2D eigenvalue weighted by Crippen LogP contribution is 2.36. The number of nitrogens with zero attached hydrogens (tertiary/aromatic N) is 1. The number of rotatable bonds is 2. The summed E-state index contributed by atoms with van der Waals surface area (Å²) in [6.07, 6.45) is 1.02. The zero-order valence-electron chi connectivity index (χ0n) is 11.8. The van der Waals surface area contributed by atoms with Crippen LogP contribution in [0.3, 0.4) is 0 Å². The second-order valence-corrected chi connectivity index (χ2v) is 7.06. The van der Waals surface area contributed by atoms with E-state index in [1.165, 1.54) is 4.90 Å². The van der Waals surface area contributed by atoms with Crippen LogP contribution in [0, 0.1) is 5.41 Å². The Morgan fingerprint density at radius 2 is 2.00 bits per heavy atom. The SMILES string of the molecule is CC(C)(C)C(C(=O)O)N1C(=O)CCc2ccc(Br)cc21. The molecule has 1 aromatic carbocycles. The standard InChI is InChI=1S/C15H18BrNO3/c1-15(2,3)13(14(19)20)17-11-8-10(16)6-4-9(11)5-7-12(17)18/h4,6,8,13H,5,7H2,1-3H3,(H,19,20). The summed E-state index contributed by atoms with van der Waals surface area (Å²) < 4.78 is 0.842. The molecule has 0 aliphatic carbocycles. The van der Waals surface area contributed by atoms with Gasteiger partial charge in [0.1, 0.15) is 6.04 Å². The topological polar surface area (TPSA) is 57.6 Å². The average molecular weight is 340 g/mol. The minimum absolute atomic E-state index is 0.127. The number of carboxylic acids is 1. The summed E-state index contributed by atoms with van der Waals surface area (Å²) in [5, 5.41) is 9.57. The van der Waals surface area contributed by atoms with Gasteiger partial charge in [-0.15, -0.1) is 0 Å². The van der Waals surface area contributed by atoms with Crippen LogP contribution in [-0.2, 0) is 16.0 Å². The van der Waals surface area contributed by atoms with E-state index in [2.05, 4.69) is 15.9 Å². The molecular formula is C15H18BrNO3. The van der Waals surface area contributed by atoms with E-state index in [-0.39, 0.29) is 5.91 Å². The summed E-state index contributed by atoms with van der Waals surface area (Å²) >= 11 is 3.39. The molecule has 5 heteroatoms. The average Bonchev–Trinajstić information content (AvgIpc) is 2.30. The van der Waals surface area contributed by atoms with Crippen LogP contribution in [0.15, 0.2) is 22.7 Å². The Labute approximate surface area is 126 Å². The lowest BCUT2D eigenvalue weighted by molar-refractivity contribution is -0.143. The van der Waals surface area contributed by atoms with Crippen molar-refractivity contribution in [1.82, 2.24) is 0 Å². The number of benzene rings is 1. The largest absolute Gasteiger partial charge is 0.480 e. The lowest BCUT2D eigenvalue weighted by atomic mass is 9.83. The van der Waals surface area contributed by atoms with Gasteiger partial charge in [-0.1, -0.05) is 42.8 Å². The Morgan fingerprint density at radius 1 is 1.35 bits per heavy atom. The van der Waals surface area contributed by atoms with Crippen molar-refractivity contribution in [3.8, 4) is 0 Å². The molecule has 1 atom stereocenters. The molecule has 1 amide bonds. The van der Waals surface area contributed by atoms with Gasteiger partial charge in [-0.2, -0.15) is 0 Å². The first-order valence-corrected chi connectivity index (χ1v) is 7.34. The van der Waals surface area contributed by atoms with Gasteiger partial charge in [0.05, 0.1) is 0 Å². The van der Waals surface area contributed by atoms with Crippen LogP contribution >= 0.6 is 15.9 Å². The first-order chi connectivity index (χ1) is 9.21. The summed E-state index contributed by atoms with van der Waals surface area (Å²) in [6, 6.07) is 4.82. The number of aryl methyl sites for hydroxylation is 1. The van der Waals surface area contributed by atoms with Crippen molar-refractivity contribution in [3.05, 3.63) is 28.2 Å². The first-order valence-electron chi connectivity index (χ1n) is 6.55. The number of carboxylic acid groups (broad SMARTS) is 1. The number of hydrogen-bond acceptors (Lipinski definition) is 2. The fourth-order valence-electron chi connectivity index (χ4n) is 2.62. The predicted molar refractivity (Wildman–Crippen MR) is 80.8 cm³/mol. The minimum Gasteiger partial charge on any atom is -0.480 e. The van der Waals surface area contributed by atoms with Crippen molar-refractivity contribution in [2.75, 3.05) is 4.90 Å². The monoisotopic (exact) mass is 339 g/mol. The first kappa shape index (κ1) is 15.0. The van der Waals surface area contributed by atoms with Crippen LogP contribution < -0.4 is 4.90 Å². The van der Waals surface area contributed by atoms with Crippen LogP contribution in [0.2, 0.25) is 0 Å². The molecule has 1 aliphatic heterocycles. The highest BCUT2D eigenvalue weighted by molar-refractivity contribution is 9.10. The normalized spacial score (nSPS) is 16.8. The Morgan fingerprint density at radius 3 is 2.55 bits per heavy atom. The molecule has 108 valence electrons. The second-order valence-electron chi connectivity index (χ2n) is 6.14. The predicted octanol–water partition coefficient (Wildman–Crippen LogP) is 3.23. The Hall–Kier alpha value is -1.36. The second kappa shape index (κ2) is 5.20. The molecule has 0 saturated heterocycles. The van der Waals surface area contributed by atoms with Gasteiger partial charge in [0.25, 0.3) is 0 Å². The smallest absolute Gasteiger partial charge is 0.327 e. The third kappa shape index (κ3) is 2.73. The summed E-state index contributed by atoms with van der Waals surface area (Å²) in [6.45, 7) is 5.52. The molecule has 2 rings (SSSR count). The zero-order chi connectivity index (χ0) is 15.1. The van der Waals surface area contributed by atoms with Gasteiger partial charge in [0.15, 0.2) is 0 Å². The summed E-state index contributed by atoms with van der Waals surface area (Å²) in [7, 11) is 0. The highest BCUT2D eigenvalue weighted by Gasteiger charge is 2.41. The molecule has 0 saturated carbocycles. The van der Waals surface area contributed by atoms with Crippen molar-refractivity contribution < 1.29 is 14.7 Å². The van der Waals surface area contributed by atoms with Crippen LogP contribution in [-0.4, -0.2) is 23.0 Å². The molecule has 1 unspecified atom stereocenters. The number of carbonyl (C=O) groups is 2. The molecule has 1 aliphatic rings. The Balaban J connectivity index is 2.58. The van der Waals surface area contributed by atoms with Gasteiger partial charge in [0.2, 0.25) is 5.91 Å². The van der Waals surface area contributed by atoms with Gasteiger partial charge in [-0.25, -0.2) is 4.79 Å². The van der Waals surface area contributed by atoms with E-state index < -0.39 is 17.4 Å². The summed E-state index contributed by atoms with van der Waals surface area (Å²) in [4.78, 5) is 25.4. The molecule has 20 heavy (non-hydrogen) atoms. The maximum atomic E-state index is 12.3. The van der Waals surface area contributed by atoms with Gasteiger partial charge < -0.3 is 5.11 Å². The van der Waals surface area contributed by atoms with Crippen LogP contribution in [0.4, 0.5) is 5.69 Å². The quantitative estimate of drug-likeness (QED) is 0.899. The molecule has 0 radical (unpaired) electrons. The van der Waals surface area contributed by atoms with Crippen molar-refractivity contribution >= 4 is 33.5 Å². The number of carbonyl (C=O) groups excluding carboxylic acids is 1. The molecule has 0 aromatic heterocycles. The fraction of sp³-hybridized carbons (Fsp3) is 0.467. The third-order valence-corrected chi connectivity index (χ3v) is 3.99. The molecule has 1 N–H and O–H groups in total. The van der Waals surface area contributed by atoms with Gasteiger partial charge in [-0.05, 0) is 29.5 Å². The van der Waals surface area contributed by atoms with Gasteiger partial charge in [0, 0.05) is 16.6 Å². The van der Waals surface area contributed by atoms with Crippen LogP contribution in [0.5, 0.6) is 0 Å². The van der Waals surface area contributed by atoms with E-state index in [9.17, 15) is 14.7 Å². The number of amides is 1. The highest BCUT2D eigenvalue weighted by atomic mass is 79.9. The number of hydrogen-bond donors (Lipinski definition) is 1. The molecule has 0 fully saturated rings. The van der Waals surface area contributed by atoms with E-state index in [1.807, 2.05) is 39.0 Å². The maximum absolute atomic E-state index is 12.3. The zero-order valence-corrected chi connectivity index (χ0v) is 13.4. The van der Waals surface area contributed by atoms with E-state index in [4.69, 9.17) is 0 Å². The number of anilines is 1. The molecule has 1 aromatic rings. The van der Waals surface area contributed by atoms with Crippen LogP contribution in [0.25, 0.3) is 0 Å². The van der Waals surface area contributed by atoms with Crippen molar-refractivity contribution in [2.45, 2.75) is 39.7 Å². The minimum atomic E-state index is -0.973. The third-order valence-electron chi connectivity index (χ3n) is 3.50. The molecule has 0 bridgehead atoms. The lowest BCUT2D eigenvalue weighted by Crippen LogP contribution is -2.54. The van der Waals surface area contributed by atoms with E-state index >= 15 is 0 Å². The molecule has 1 heterocycles. The molecule has 4 nitrogen and oxygen atoms in total. The Kier molecular flexibility index (Phi) is 3.91. The number of fused-ring (bicyclic) bond motifs is 1. The summed E-state index contributed by atoms with van der Waals surface area (Å²) in [5.74, 6) is -1.10. The van der Waals surface area contributed by atoms with E-state index in [0.29, 0.717) is 18.5 Å². The Bertz CT molecular complexity index is 563. The fourth-order valence-corrected chi connectivity index (χ4v) is 2.97. The lowest BCUT2D eigenvalue weighted by Gasteiger charge is -2.40. The van der Waals surface area contributed by atoms with Crippen molar-refractivity contribution in [1.29, 1.82) is 0 Å². The number of aliphatic carboxylic acids is 1. The maximum Gasteiger partial charge on any atom is 0.327 e. The molecule has 0 spiro atoms. The van der Waals surface area contributed by atoms with Crippen molar-refractivity contribution in [3.63, 3.8) is 0 Å². The van der Waals surface area contributed by atoms with E-state index in [1.54, 1.807) is 0 Å². The summed E-state index contributed by atoms with van der Waals surface area (Å²) in [5.41, 5.74) is 1.18. The molecular weight excluding hydrogens is 322 g/mol.